The summed E-state index contributed by atoms with van der Waals surface area (Å²) in [6.07, 6.45) is 0.452. The van der Waals surface area contributed by atoms with Crippen LogP contribution in [0.5, 0.6) is 0 Å². The molecule has 1 rings (SSSR count). The molecule has 0 aliphatic carbocycles. The molecule has 0 bridgehead atoms. The van der Waals surface area contributed by atoms with Gasteiger partial charge >= 0.3 is 0 Å². The molecule has 0 aliphatic rings. The summed E-state index contributed by atoms with van der Waals surface area (Å²) in [6, 6.07) is 7.90. The van der Waals surface area contributed by atoms with E-state index in [1.807, 2.05) is 24.3 Å². The van der Waals surface area contributed by atoms with E-state index in [2.05, 4.69) is 43.6 Å². The molecule has 0 radical (unpaired) electrons. The van der Waals surface area contributed by atoms with Crippen LogP contribution < -0.4 is 0 Å². The van der Waals surface area contributed by atoms with Crippen LogP contribution in [-0.4, -0.2) is 5.11 Å². The quantitative estimate of drug-likeness (QED) is 0.863. The van der Waals surface area contributed by atoms with E-state index in [4.69, 9.17) is 0 Å². The van der Waals surface area contributed by atoms with Gasteiger partial charge in [0.05, 0.1) is 6.10 Å². The molecule has 1 N–H and O–H groups in total. The van der Waals surface area contributed by atoms with Crippen LogP contribution in [0.25, 0.3) is 0 Å². The van der Waals surface area contributed by atoms with Crippen LogP contribution in [0.3, 0.4) is 0 Å². The summed E-state index contributed by atoms with van der Waals surface area (Å²) in [5.41, 5.74) is 1.25. The van der Waals surface area contributed by atoms with Gasteiger partial charge in [-0.1, -0.05) is 55.8 Å². The zero-order valence-electron chi connectivity index (χ0n) is 10.5. The fourth-order valence-electron chi connectivity index (χ4n) is 1.51. The third kappa shape index (κ3) is 3.91. The molecular weight excluding hydrogens is 264 g/mol. The minimum Gasteiger partial charge on any atom is -0.388 e. The highest BCUT2D eigenvalue weighted by Crippen LogP contribution is 2.33. The Bertz CT molecular complexity index is 324. The van der Waals surface area contributed by atoms with E-state index >= 15 is 0 Å². The number of rotatable bonds is 3. The van der Waals surface area contributed by atoms with Crippen molar-refractivity contribution >= 4 is 15.9 Å². The van der Waals surface area contributed by atoms with Crippen molar-refractivity contribution in [2.45, 2.75) is 40.2 Å². The molecule has 2 atom stereocenters. The molecule has 2 heteroatoms. The van der Waals surface area contributed by atoms with Crippen LogP contribution in [0, 0.1) is 11.3 Å². The maximum absolute atomic E-state index is 10.1. The van der Waals surface area contributed by atoms with Crippen LogP contribution in [0.2, 0.25) is 0 Å². The molecular formula is C14H21BrO. The summed E-state index contributed by atoms with van der Waals surface area (Å²) in [6.45, 7) is 8.84. The molecule has 0 aliphatic heterocycles. The Morgan fingerprint density at radius 3 is 2.12 bits per heavy atom. The van der Waals surface area contributed by atoms with Gasteiger partial charge in [-0.05, 0) is 35.4 Å². The van der Waals surface area contributed by atoms with Gasteiger partial charge in [0.15, 0.2) is 0 Å². The van der Waals surface area contributed by atoms with E-state index in [1.54, 1.807) is 0 Å². The van der Waals surface area contributed by atoms with Crippen molar-refractivity contribution in [1.82, 2.24) is 0 Å². The maximum atomic E-state index is 10.1. The molecule has 0 saturated heterocycles. The highest BCUT2D eigenvalue weighted by molar-refractivity contribution is 9.10. The second kappa shape index (κ2) is 5.33. The topological polar surface area (TPSA) is 20.2 Å². The Kier molecular flexibility index (Phi) is 4.57. The van der Waals surface area contributed by atoms with Gasteiger partial charge in [-0.2, -0.15) is 0 Å². The second-order valence-corrected chi connectivity index (χ2v) is 6.49. The monoisotopic (exact) mass is 284 g/mol. The van der Waals surface area contributed by atoms with Crippen LogP contribution in [-0.2, 0) is 0 Å². The molecule has 1 aromatic carbocycles. The Hall–Kier alpha value is -0.340. The highest BCUT2D eigenvalue weighted by Gasteiger charge is 2.23. The second-order valence-electron chi connectivity index (χ2n) is 5.57. The lowest BCUT2D eigenvalue weighted by molar-refractivity contribution is 0.111. The van der Waals surface area contributed by atoms with Crippen molar-refractivity contribution in [3.8, 4) is 0 Å². The summed E-state index contributed by atoms with van der Waals surface area (Å²) < 4.78 is 1.05. The number of aliphatic hydroxyl groups is 1. The summed E-state index contributed by atoms with van der Waals surface area (Å²) in [7, 11) is 0. The minimum atomic E-state index is -0.359. The molecule has 0 saturated carbocycles. The Labute approximate surface area is 107 Å². The summed E-state index contributed by atoms with van der Waals surface area (Å²) >= 11 is 3.40. The molecule has 0 spiro atoms. The van der Waals surface area contributed by atoms with Gasteiger partial charge in [0.2, 0.25) is 0 Å². The van der Waals surface area contributed by atoms with E-state index in [0.29, 0.717) is 5.92 Å². The first-order chi connectivity index (χ1) is 7.30. The number of hydrogen-bond donors (Lipinski definition) is 1. The van der Waals surface area contributed by atoms with E-state index in [-0.39, 0.29) is 11.5 Å². The fourth-order valence-corrected chi connectivity index (χ4v) is 1.77. The standard InChI is InChI=1S/C14H21BrO/c1-10(14(2,3)4)9-13(16)11-5-7-12(15)8-6-11/h5-8,10,13,16H,9H2,1-4H3. The molecule has 1 aromatic rings. The summed E-state index contributed by atoms with van der Waals surface area (Å²) in [5, 5.41) is 10.1. The largest absolute Gasteiger partial charge is 0.388 e. The fraction of sp³-hybridized carbons (Fsp3) is 0.571. The van der Waals surface area contributed by atoms with Crippen LogP contribution in [0.1, 0.15) is 45.8 Å². The lowest BCUT2D eigenvalue weighted by Gasteiger charge is -2.29. The number of halogens is 1. The predicted molar refractivity (Wildman–Crippen MR) is 72.3 cm³/mol. The number of hydrogen-bond acceptors (Lipinski definition) is 1. The van der Waals surface area contributed by atoms with Crippen LogP contribution in [0.4, 0.5) is 0 Å². The number of aliphatic hydroxyl groups excluding tert-OH is 1. The minimum absolute atomic E-state index is 0.246. The average Bonchev–Trinajstić information content (AvgIpc) is 2.17. The van der Waals surface area contributed by atoms with Gasteiger partial charge in [-0.15, -0.1) is 0 Å². The summed E-state index contributed by atoms with van der Waals surface area (Å²) in [5.74, 6) is 0.492. The van der Waals surface area contributed by atoms with Crippen molar-refractivity contribution in [2.24, 2.45) is 11.3 Å². The first-order valence-corrected chi connectivity index (χ1v) is 6.53. The van der Waals surface area contributed by atoms with E-state index in [0.717, 1.165) is 16.5 Å². The first-order valence-electron chi connectivity index (χ1n) is 5.74. The van der Waals surface area contributed by atoms with Gasteiger partial charge in [0.1, 0.15) is 0 Å². The molecule has 0 aromatic heterocycles. The predicted octanol–water partition coefficient (Wildman–Crippen LogP) is 4.55. The van der Waals surface area contributed by atoms with Crippen LogP contribution >= 0.6 is 15.9 Å². The highest BCUT2D eigenvalue weighted by atomic mass is 79.9. The van der Waals surface area contributed by atoms with Crippen molar-refractivity contribution in [3.05, 3.63) is 34.3 Å². The normalized spacial score (nSPS) is 15.9. The Morgan fingerprint density at radius 1 is 1.19 bits per heavy atom. The smallest absolute Gasteiger partial charge is 0.0792 e. The summed E-state index contributed by atoms with van der Waals surface area (Å²) in [4.78, 5) is 0. The molecule has 0 heterocycles. The zero-order valence-corrected chi connectivity index (χ0v) is 12.1. The molecule has 16 heavy (non-hydrogen) atoms. The van der Waals surface area contributed by atoms with Crippen LogP contribution in [0.15, 0.2) is 28.7 Å². The lowest BCUT2D eigenvalue weighted by atomic mass is 9.78. The van der Waals surface area contributed by atoms with Gasteiger partial charge in [-0.3, -0.25) is 0 Å². The van der Waals surface area contributed by atoms with Crippen molar-refractivity contribution in [3.63, 3.8) is 0 Å². The van der Waals surface area contributed by atoms with Crippen molar-refractivity contribution < 1.29 is 5.11 Å². The van der Waals surface area contributed by atoms with Gasteiger partial charge in [0.25, 0.3) is 0 Å². The lowest BCUT2D eigenvalue weighted by Crippen LogP contribution is -2.19. The van der Waals surface area contributed by atoms with E-state index < -0.39 is 0 Å². The van der Waals surface area contributed by atoms with Crippen molar-refractivity contribution in [2.75, 3.05) is 0 Å². The van der Waals surface area contributed by atoms with Gasteiger partial charge in [0, 0.05) is 4.47 Å². The van der Waals surface area contributed by atoms with E-state index in [1.165, 1.54) is 0 Å². The van der Waals surface area contributed by atoms with E-state index in [9.17, 15) is 5.11 Å². The Morgan fingerprint density at radius 2 is 1.69 bits per heavy atom. The molecule has 1 nitrogen and oxygen atoms in total. The number of benzene rings is 1. The molecule has 2 unspecified atom stereocenters. The zero-order chi connectivity index (χ0) is 12.3. The third-order valence-electron chi connectivity index (χ3n) is 3.31. The first kappa shape index (κ1) is 13.7. The molecule has 0 amide bonds. The molecule has 0 fully saturated rings. The van der Waals surface area contributed by atoms with Gasteiger partial charge < -0.3 is 5.11 Å². The Balaban J connectivity index is 2.65. The molecule has 90 valence electrons. The third-order valence-corrected chi connectivity index (χ3v) is 3.84. The average molecular weight is 285 g/mol. The maximum Gasteiger partial charge on any atom is 0.0792 e. The van der Waals surface area contributed by atoms with Crippen molar-refractivity contribution in [1.29, 1.82) is 0 Å². The van der Waals surface area contributed by atoms with Gasteiger partial charge in [-0.25, -0.2) is 0 Å². The SMILES string of the molecule is CC(CC(O)c1ccc(Br)cc1)C(C)(C)C.